The van der Waals surface area contributed by atoms with Gasteiger partial charge in [-0.15, -0.1) is 0 Å². The maximum absolute atomic E-state index is 11.0. The molecule has 0 bridgehead atoms. The summed E-state index contributed by atoms with van der Waals surface area (Å²) < 4.78 is 0. The lowest BCUT2D eigenvalue weighted by Gasteiger charge is -2.30. The SMILES string of the molecule is CN1CCc2cccc([N+](=O)[O-])c2C1C=O. The van der Waals surface area contributed by atoms with Crippen LogP contribution in [0.5, 0.6) is 0 Å². The summed E-state index contributed by atoms with van der Waals surface area (Å²) in [5.41, 5.74) is 1.50. The third-order valence-corrected chi connectivity index (χ3v) is 3.00. The highest BCUT2D eigenvalue weighted by Crippen LogP contribution is 2.34. The van der Waals surface area contributed by atoms with Crippen LogP contribution in [-0.4, -0.2) is 29.7 Å². The zero-order valence-corrected chi connectivity index (χ0v) is 8.92. The number of aldehydes is 1. The molecule has 2 rings (SSSR count). The maximum Gasteiger partial charge on any atom is 0.274 e. The van der Waals surface area contributed by atoms with Crippen molar-refractivity contribution in [1.29, 1.82) is 0 Å². The molecule has 1 heterocycles. The zero-order chi connectivity index (χ0) is 11.7. The predicted molar refractivity (Wildman–Crippen MR) is 58.2 cm³/mol. The second kappa shape index (κ2) is 4.02. The summed E-state index contributed by atoms with van der Waals surface area (Å²) in [6.07, 6.45) is 1.52. The van der Waals surface area contributed by atoms with Crippen LogP contribution in [0.2, 0.25) is 0 Å². The summed E-state index contributed by atoms with van der Waals surface area (Å²) in [4.78, 5) is 23.4. The fraction of sp³-hybridized carbons (Fsp3) is 0.364. The van der Waals surface area contributed by atoms with Crippen molar-refractivity contribution in [3.8, 4) is 0 Å². The van der Waals surface area contributed by atoms with Gasteiger partial charge in [0.1, 0.15) is 6.29 Å². The molecule has 1 aliphatic heterocycles. The van der Waals surface area contributed by atoms with Crippen molar-refractivity contribution < 1.29 is 9.72 Å². The molecule has 0 aliphatic carbocycles. The van der Waals surface area contributed by atoms with Gasteiger partial charge in [-0.05, 0) is 19.0 Å². The molecule has 0 radical (unpaired) electrons. The lowest BCUT2D eigenvalue weighted by molar-refractivity contribution is -0.386. The van der Waals surface area contributed by atoms with E-state index in [4.69, 9.17) is 0 Å². The van der Waals surface area contributed by atoms with Crippen LogP contribution >= 0.6 is 0 Å². The van der Waals surface area contributed by atoms with Crippen LogP contribution in [-0.2, 0) is 11.2 Å². The molecular formula is C11H12N2O3. The average molecular weight is 220 g/mol. The molecule has 16 heavy (non-hydrogen) atoms. The first-order valence-electron chi connectivity index (χ1n) is 5.07. The molecule has 5 heteroatoms. The Morgan fingerprint density at radius 3 is 2.94 bits per heavy atom. The minimum atomic E-state index is -0.495. The lowest BCUT2D eigenvalue weighted by atomic mass is 9.92. The number of rotatable bonds is 2. The Morgan fingerprint density at radius 1 is 1.56 bits per heavy atom. The minimum Gasteiger partial charge on any atom is -0.301 e. The second-order valence-electron chi connectivity index (χ2n) is 3.92. The molecule has 1 aromatic rings. The van der Waals surface area contributed by atoms with Gasteiger partial charge >= 0.3 is 0 Å². The van der Waals surface area contributed by atoms with Crippen LogP contribution in [0.1, 0.15) is 17.2 Å². The highest BCUT2D eigenvalue weighted by atomic mass is 16.6. The summed E-state index contributed by atoms with van der Waals surface area (Å²) >= 11 is 0. The normalized spacial score (nSPS) is 20.2. The molecule has 0 amide bonds. The number of hydrogen-bond donors (Lipinski definition) is 0. The lowest BCUT2D eigenvalue weighted by Crippen LogP contribution is -2.33. The van der Waals surface area contributed by atoms with E-state index in [1.165, 1.54) is 6.07 Å². The number of nitrogens with zero attached hydrogens (tertiary/aromatic N) is 2. The van der Waals surface area contributed by atoms with Crippen molar-refractivity contribution in [1.82, 2.24) is 4.90 Å². The molecule has 84 valence electrons. The van der Waals surface area contributed by atoms with Crippen molar-refractivity contribution in [3.05, 3.63) is 39.4 Å². The average Bonchev–Trinajstić information content (AvgIpc) is 2.28. The van der Waals surface area contributed by atoms with Crippen molar-refractivity contribution in [3.63, 3.8) is 0 Å². The molecule has 0 N–H and O–H groups in total. The Hall–Kier alpha value is -1.75. The van der Waals surface area contributed by atoms with Crippen LogP contribution in [0.4, 0.5) is 5.69 Å². The fourth-order valence-corrected chi connectivity index (χ4v) is 2.15. The van der Waals surface area contributed by atoms with E-state index in [1.54, 1.807) is 13.1 Å². The zero-order valence-electron chi connectivity index (χ0n) is 8.92. The maximum atomic E-state index is 11.0. The van der Waals surface area contributed by atoms with E-state index in [2.05, 4.69) is 0 Å². The molecule has 1 aliphatic rings. The number of nitro benzene ring substituents is 1. The number of benzene rings is 1. The van der Waals surface area contributed by atoms with Gasteiger partial charge in [0.2, 0.25) is 0 Å². The summed E-state index contributed by atoms with van der Waals surface area (Å²) in [6.45, 7) is 0.748. The quantitative estimate of drug-likeness (QED) is 0.428. The van der Waals surface area contributed by atoms with Gasteiger partial charge in [0.05, 0.1) is 16.5 Å². The third-order valence-electron chi connectivity index (χ3n) is 3.00. The van der Waals surface area contributed by atoms with Gasteiger partial charge in [0.25, 0.3) is 5.69 Å². The fourth-order valence-electron chi connectivity index (χ4n) is 2.15. The van der Waals surface area contributed by atoms with Crippen LogP contribution in [0.3, 0.4) is 0 Å². The Kier molecular flexibility index (Phi) is 2.70. The number of carbonyl (C=O) groups excluding carboxylic acids is 1. The molecule has 0 saturated carbocycles. The predicted octanol–water partition coefficient (Wildman–Crippen LogP) is 1.32. The molecule has 1 unspecified atom stereocenters. The third kappa shape index (κ3) is 1.59. The molecule has 0 fully saturated rings. The van der Waals surface area contributed by atoms with E-state index in [0.29, 0.717) is 5.56 Å². The van der Waals surface area contributed by atoms with Crippen LogP contribution < -0.4 is 0 Å². The van der Waals surface area contributed by atoms with Gasteiger partial charge in [0.15, 0.2) is 0 Å². The summed E-state index contributed by atoms with van der Waals surface area (Å²) in [6, 6.07) is 4.48. The first-order chi connectivity index (χ1) is 7.65. The highest BCUT2D eigenvalue weighted by molar-refractivity contribution is 5.67. The Bertz CT molecular complexity index is 445. The number of nitro groups is 1. The van der Waals surface area contributed by atoms with E-state index in [0.717, 1.165) is 24.8 Å². The van der Waals surface area contributed by atoms with Gasteiger partial charge < -0.3 is 4.79 Å². The van der Waals surface area contributed by atoms with Crippen LogP contribution in [0.25, 0.3) is 0 Å². The standard InChI is InChI=1S/C11H12N2O3/c1-12-6-5-8-3-2-4-9(13(15)16)11(8)10(12)7-14/h2-4,7,10H,5-6H2,1H3. The number of fused-ring (bicyclic) bond motifs is 1. The van der Waals surface area contributed by atoms with Gasteiger partial charge in [0, 0.05) is 12.6 Å². The molecule has 5 nitrogen and oxygen atoms in total. The summed E-state index contributed by atoms with van der Waals surface area (Å²) in [5, 5.41) is 10.9. The van der Waals surface area contributed by atoms with E-state index >= 15 is 0 Å². The molecule has 0 spiro atoms. The molecular weight excluding hydrogens is 208 g/mol. The van der Waals surface area contributed by atoms with Crippen molar-refractivity contribution in [2.24, 2.45) is 0 Å². The van der Waals surface area contributed by atoms with E-state index in [1.807, 2.05) is 11.0 Å². The second-order valence-corrected chi connectivity index (χ2v) is 3.92. The van der Waals surface area contributed by atoms with Gasteiger partial charge in [-0.2, -0.15) is 0 Å². The largest absolute Gasteiger partial charge is 0.301 e. The van der Waals surface area contributed by atoms with E-state index in [9.17, 15) is 14.9 Å². The van der Waals surface area contributed by atoms with Crippen molar-refractivity contribution >= 4 is 12.0 Å². The molecule has 1 aromatic carbocycles. The van der Waals surface area contributed by atoms with Gasteiger partial charge in [-0.3, -0.25) is 15.0 Å². The van der Waals surface area contributed by atoms with Crippen LogP contribution in [0, 0.1) is 10.1 Å². The Morgan fingerprint density at radius 2 is 2.31 bits per heavy atom. The summed E-state index contributed by atoms with van der Waals surface area (Å²) in [5.74, 6) is 0. The topological polar surface area (TPSA) is 63.4 Å². The smallest absolute Gasteiger partial charge is 0.274 e. The van der Waals surface area contributed by atoms with Crippen LogP contribution in [0.15, 0.2) is 18.2 Å². The van der Waals surface area contributed by atoms with Gasteiger partial charge in [-0.25, -0.2) is 0 Å². The number of likely N-dealkylation sites (N-methyl/N-ethyl adjacent to an activating group) is 1. The molecule has 0 saturated heterocycles. The first kappa shape index (κ1) is 10.8. The number of carbonyl (C=O) groups is 1. The molecule has 1 atom stereocenters. The molecule has 0 aromatic heterocycles. The van der Waals surface area contributed by atoms with Gasteiger partial charge in [-0.1, -0.05) is 12.1 Å². The first-order valence-corrected chi connectivity index (χ1v) is 5.07. The highest BCUT2D eigenvalue weighted by Gasteiger charge is 2.31. The van der Waals surface area contributed by atoms with Crippen molar-refractivity contribution in [2.75, 3.05) is 13.6 Å². The number of hydrogen-bond acceptors (Lipinski definition) is 4. The van der Waals surface area contributed by atoms with Crippen molar-refractivity contribution in [2.45, 2.75) is 12.5 Å². The van der Waals surface area contributed by atoms with E-state index < -0.39 is 11.0 Å². The Balaban J connectivity index is 2.61. The van der Waals surface area contributed by atoms with E-state index in [-0.39, 0.29) is 5.69 Å². The Labute approximate surface area is 92.8 Å². The monoisotopic (exact) mass is 220 g/mol. The summed E-state index contributed by atoms with van der Waals surface area (Å²) in [7, 11) is 1.80. The minimum absolute atomic E-state index is 0.0427.